The van der Waals surface area contributed by atoms with Crippen molar-refractivity contribution in [3.8, 4) is 5.75 Å². The molecule has 6 heteroatoms. The van der Waals surface area contributed by atoms with E-state index in [1.165, 1.54) is 25.1 Å². The van der Waals surface area contributed by atoms with Gasteiger partial charge in [0.25, 0.3) is 0 Å². The van der Waals surface area contributed by atoms with Gasteiger partial charge < -0.3 is 14.9 Å². The van der Waals surface area contributed by atoms with Crippen molar-refractivity contribution >= 4 is 23.4 Å². The van der Waals surface area contributed by atoms with Gasteiger partial charge in [-0.2, -0.15) is 0 Å². The SMILES string of the molecule is CCOc1ccc(C(O)C(=O)O)c(C(Cl)C(C)=O)c1. The summed E-state index contributed by atoms with van der Waals surface area (Å²) in [6.45, 7) is 3.51. The zero-order valence-electron chi connectivity index (χ0n) is 10.6. The number of hydrogen-bond donors (Lipinski definition) is 2. The van der Waals surface area contributed by atoms with Crippen LogP contribution in [0.2, 0.25) is 0 Å². The van der Waals surface area contributed by atoms with E-state index in [0.717, 1.165) is 0 Å². The quantitative estimate of drug-likeness (QED) is 0.782. The van der Waals surface area contributed by atoms with Crippen LogP contribution in [-0.4, -0.2) is 28.6 Å². The number of alkyl halides is 1. The summed E-state index contributed by atoms with van der Waals surface area (Å²) in [5.41, 5.74) is 0.334. The fourth-order valence-electron chi connectivity index (χ4n) is 1.63. The van der Waals surface area contributed by atoms with Crippen LogP contribution in [0.15, 0.2) is 18.2 Å². The van der Waals surface area contributed by atoms with Crippen molar-refractivity contribution in [3.63, 3.8) is 0 Å². The van der Waals surface area contributed by atoms with Crippen molar-refractivity contribution in [2.45, 2.75) is 25.3 Å². The van der Waals surface area contributed by atoms with Crippen LogP contribution in [-0.2, 0) is 9.59 Å². The molecule has 0 fully saturated rings. The Kier molecular flexibility index (Phi) is 5.32. The summed E-state index contributed by atoms with van der Waals surface area (Å²) in [4.78, 5) is 22.2. The third kappa shape index (κ3) is 3.68. The number of aliphatic hydroxyl groups is 1. The summed E-state index contributed by atoms with van der Waals surface area (Å²) in [5, 5.41) is 17.4. The van der Waals surface area contributed by atoms with E-state index in [1.54, 1.807) is 6.92 Å². The number of carbonyl (C=O) groups is 2. The van der Waals surface area contributed by atoms with Gasteiger partial charge in [-0.1, -0.05) is 6.07 Å². The van der Waals surface area contributed by atoms with Crippen LogP contribution < -0.4 is 4.74 Å². The van der Waals surface area contributed by atoms with E-state index in [4.69, 9.17) is 21.4 Å². The highest BCUT2D eigenvalue weighted by atomic mass is 35.5. The number of ketones is 1. The lowest BCUT2D eigenvalue weighted by Crippen LogP contribution is -2.15. The van der Waals surface area contributed by atoms with E-state index >= 15 is 0 Å². The maximum absolute atomic E-state index is 11.4. The Balaban J connectivity index is 3.29. The predicted octanol–water partition coefficient (Wildman–Crippen LogP) is 2.07. The number of benzene rings is 1. The third-order valence-electron chi connectivity index (χ3n) is 2.53. The topological polar surface area (TPSA) is 83.8 Å². The van der Waals surface area contributed by atoms with Gasteiger partial charge >= 0.3 is 5.97 Å². The van der Waals surface area contributed by atoms with Crippen molar-refractivity contribution in [1.29, 1.82) is 0 Å². The molecule has 0 aromatic heterocycles. The summed E-state index contributed by atoms with van der Waals surface area (Å²) in [7, 11) is 0. The lowest BCUT2D eigenvalue weighted by molar-refractivity contribution is -0.147. The molecule has 0 aliphatic carbocycles. The van der Waals surface area contributed by atoms with E-state index in [1.807, 2.05) is 0 Å². The molecule has 5 nitrogen and oxygen atoms in total. The van der Waals surface area contributed by atoms with E-state index in [-0.39, 0.29) is 16.9 Å². The number of ether oxygens (including phenoxy) is 1. The second-order valence-electron chi connectivity index (χ2n) is 3.94. The minimum atomic E-state index is -1.73. The molecule has 2 unspecified atom stereocenters. The molecule has 2 atom stereocenters. The Morgan fingerprint density at radius 2 is 2.00 bits per heavy atom. The number of halogens is 1. The van der Waals surface area contributed by atoms with Crippen molar-refractivity contribution in [3.05, 3.63) is 29.3 Å². The zero-order valence-corrected chi connectivity index (χ0v) is 11.3. The van der Waals surface area contributed by atoms with E-state index in [9.17, 15) is 14.7 Å². The van der Waals surface area contributed by atoms with Gasteiger partial charge in [0.05, 0.1) is 6.61 Å². The average Bonchev–Trinajstić information content (AvgIpc) is 2.37. The molecule has 1 aromatic carbocycles. The van der Waals surface area contributed by atoms with Crippen LogP contribution in [0, 0.1) is 0 Å². The number of rotatable bonds is 6. The van der Waals surface area contributed by atoms with Gasteiger partial charge in [0.15, 0.2) is 11.9 Å². The minimum absolute atomic E-state index is 0.0890. The lowest BCUT2D eigenvalue weighted by atomic mass is 9.97. The molecule has 0 heterocycles. The van der Waals surface area contributed by atoms with Crippen molar-refractivity contribution < 1.29 is 24.5 Å². The van der Waals surface area contributed by atoms with Crippen molar-refractivity contribution in [2.24, 2.45) is 0 Å². The second-order valence-corrected chi connectivity index (χ2v) is 4.37. The van der Waals surface area contributed by atoms with Crippen LogP contribution in [0.3, 0.4) is 0 Å². The van der Waals surface area contributed by atoms with E-state index < -0.39 is 17.5 Å². The Bertz CT molecular complexity index is 486. The van der Waals surface area contributed by atoms with Crippen LogP contribution in [0.5, 0.6) is 5.75 Å². The van der Waals surface area contributed by atoms with Gasteiger partial charge in [-0.25, -0.2) is 4.79 Å². The summed E-state index contributed by atoms with van der Waals surface area (Å²) < 4.78 is 5.27. The lowest BCUT2D eigenvalue weighted by Gasteiger charge is -2.16. The average molecular weight is 287 g/mol. The van der Waals surface area contributed by atoms with Crippen LogP contribution in [0.1, 0.15) is 36.5 Å². The maximum atomic E-state index is 11.4. The maximum Gasteiger partial charge on any atom is 0.337 e. The fraction of sp³-hybridized carbons (Fsp3) is 0.385. The highest BCUT2D eigenvalue weighted by Gasteiger charge is 2.25. The minimum Gasteiger partial charge on any atom is -0.494 e. The molecule has 0 amide bonds. The summed E-state index contributed by atoms with van der Waals surface area (Å²) in [5.74, 6) is -1.28. The molecule has 104 valence electrons. The first kappa shape index (κ1) is 15.5. The van der Waals surface area contributed by atoms with Gasteiger partial charge in [-0.3, -0.25) is 4.79 Å². The molecule has 0 aliphatic rings. The highest BCUT2D eigenvalue weighted by Crippen LogP contribution is 2.32. The number of carboxylic acid groups (broad SMARTS) is 1. The predicted molar refractivity (Wildman–Crippen MR) is 69.5 cm³/mol. The van der Waals surface area contributed by atoms with Gasteiger partial charge in [0.2, 0.25) is 0 Å². The second kappa shape index (κ2) is 6.54. The number of Topliss-reactive ketones (excluding diaryl/α,β-unsaturated/α-hetero) is 1. The Hall–Kier alpha value is -1.59. The van der Waals surface area contributed by atoms with E-state index in [2.05, 4.69) is 0 Å². The smallest absolute Gasteiger partial charge is 0.337 e. The molecular formula is C13H15ClO5. The molecule has 0 bridgehead atoms. The highest BCUT2D eigenvalue weighted by molar-refractivity contribution is 6.31. The molecule has 19 heavy (non-hydrogen) atoms. The van der Waals surface area contributed by atoms with Gasteiger partial charge in [0.1, 0.15) is 11.1 Å². The van der Waals surface area contributed by atoms with Crippen LogP contribution >= 0.6 is 11.6 Å². The largest absolute Gasteiger partial charge is 0.494 e. The first-order valence-corrected chi connectivity index (χ1v) is 6.14. The molecule has 0 radical (unpaired) electrons. The number of carbonyl (C=O) groups excluding carboxylic acids is 1. The molecule has 1 aromatic rings. The van der Waals surface area contributed by atoms with Gasteiger partial charge in [0, 0.05) is 0 Å². The van der Waals surface area contributed by atoms with Crippen LogP contribution in [0.4, 0.5) is 0 Å². The number of carboxylic acids is 1. The molecule has 1 rings (SSSR count). The summed E-state index contributed by atoms with van der Waals surface area (Å²) in [6.07, 6.45) is -1.73. The van der Waals surface area contributed by atoms with Crippen molar-refractivity contribution in [2.75, 3.05) is 6.61 Å². The monoisotopic (exact) mass is 286 g/mol. The first-order chi connectivity index (χ1) is 8.88. The van der Waals surface area contributed by atoms with Crippen molar-refractivity contribution in [1.82, 2.24) is 0 Å². The normalized spacial score (nSPS) is 13.7. The summed E-state index contributed by atoms with van der Waals surface area (Å²) >= 11 is 5.96. The fourth-order valence-corrected chi connectivity index (χ4v) is 1.82. The standard InChI is InChI=1S/C13H15ClO5/c1-3-19-8-4-5-9(12(16)13(17)18)10(6-8)11(14)7(2)15/h4-6,11-12,16H,3H2,1-2H3,(H,17,18). The first-order valence-electron chi connectivity index (χ1n) is 5.70. The number of hydrogen-bond acceptors (Lipinski definition) is 4. The summed E-state index contributed by atoms with van der Waals surface area (Å²) in [6, 6.07) is 4.40. The molecular weight excluding hydrogens is 272 g/mol. The molecule has 2 N–H and O–H groups in total. The van der Waals surface area contributed by atoms with E-state index in [0.29, 0.717) is 12.4 Å². The Morgan fingerprint density at radius 3 is 2.47 bits per heavy atom. The molecule has 0 saturated heterocycles. The Labute approximate surface area is 115 Å². The zero-order chi connectivity index (χ0) is 14.6. The van der Waals surface area contributed by atoms with Crippen LogP contribution in [0.25, 0.3) is 0 Å². The molecule has 0 aliphatic heterocycles. The Morgan fingerprint density at radius 1 is 1.37 bits per heavy atom. The van der Waals surface area contributed by atoms with Gasteiger partial charge in [-0.05, 0) is 37.1 Å². The third-order valence-corrected chi connectivity index (χ3v) is 3.07. The number of aliphatic hydroxyl groups excluding tert-OH is 1. The molecule has 0 spiro atoms. The number of aliphatic carboxylic acids is 1. The molecule has 0 saturated carbocycles. The van der Waals surface area contributed by atoms with Gasteiger partial charge in [-0.15, -0.1) is 11.6 Å².